The van der Waals surface area contributed by atoms with Gasteiger partial charge in [-0.25, -0.2) is 19.9 Å². The van der Waals surface area contributed by atoms with Gasteiger partial charge in [-0.2, -0.15) is 0 Å². The number of imidazole rings is 1. The lowest BCUT2D eigenvalue weighted by Crippen LogP contribution is -1.98. The van der Waals surface area contributed by atoms with E-state index in [1.165, 1.54) is 18.1 Å². The van der Waals surface area contributed by atoms with Crippen molar-refractivity contribution in [2.24, 2.45) is 0 Å². The summed E-state index contributed by atoms with van der Waals surface area (Å²) >= 11 is 1.47. The quantitative estimate of drug-likeness (QED) is 0.721. The van der Waals surface area contributed by atoms with Gasteiger partial charge in [0.1, 0.15) is 22.2 Å². The molecule has 0 radical (unpaired) electrons. The number of anilines is 1. The predicted octanol–water partition coefficient (Wildman–Crippen LogP) is 1.71. The zero-order valence-corrected chi connectivity index (χ0v) is 10.4. The smallest absolute Gasteiger partial charge is 0.170 e. The van der Waals surface area contributed by atoms with Crippen molar-refractivity contribution in [3.8, 4) is 0 Å². The van der Waals surface area contributed by atoms with Gasteiger partial charge in [0.05, 0.1) is 6.20 Å². The second kappa shape index (κ2) is 4.61. The van der Waals surface area contributed by atoms with Gasteiger partial charge in [0.25, 0.3) is 0 Å². The minimum Gasteiger partial charge on any atom is -0.372 e. The van der Waals surface area contributed by atoms with Crippen LogP contribution in [0.2, 0.25) is 0 Å². The Morgan fingerprint density at radius 1 is 1.28 bits per heavy atom. The molecular weight excluding hydrogens is 248 g/mol. The van der Waals surface area contributed by atoms with Crippen molar-refractivity contribution in [1.29, 1.82) is 0 Å². The highest BCUT2D eigenvalue weighted by Gasteiger charge is 2.09. The monoisotopic (exact) mass is 258 g/mol. The summed E-state index contributed by atoms with van der Waals surface area (Å²) in [6, 6.07) is 1.85. The molecule has 0 unspecified atom stereocenters. The fourth-order valence-corrected chi connectivity index (χ4v) is 2.35. The molecule has 90 valence electrons. The predicted molar refractivity (Wildman–Crippen MR) is 68.7 cm³/mol. The van der Waals surface area contributed by atoms with Gasteiger partial charge in [-0.1, -0.05) is 0 Å². The second-order valence-corrected chi connectivity index (χ2v) is 4.50. The Balaban J connectivity index is 2.07. The molecular formula is C11H10N6S. The lowest BCUT2D eigenvalue weighted by atomic mass is 10.6. The van der Waals surface area contributed by atoms with Crippen molar-refractivity contribution in [2.75, 3.05) is 12.4 Å². The number of nitrogens with zero attached hydrogens (tertiary/aromatic N) is 5. The van der Waals surface area contributed by atoms with E-state index in [0.717, 1.165) is 21.5 Å². The van der Waals surface area contributed by atoms with E-state index in [2.05, 4.69) is 25.3 Å². The van der Waals surface area contributed by atoms with Crippen molar-refractivity contribution in [3.05, 3.63) is 37.2 Å². The van der Waals surface area contributed by atoms with Gasteiger partial charge in [0.15, 0.2) is 5.65 Å². The van der Waals surface area contributed by atoms with E-state index in [0.29, 0.717) is 0 Å². The summed E-state index contributed by atoms with van der Waals surface area (Å²) in [5.41, 5.74) is 0.817. The van der Waals surface area contributed by atoms with Gasteiger partial charge in [-0.3, -0.25) is 0 Å². The largest absolute Gasteiger partial charge is 0.372 e. The molecule has 3 rings (SSSR count). The van der Waals surface area contributed by atoms with Crippen molar-refractivity contribution in [3.63, 3.8) is 0 Å². The average molecular weight is 258 g/mol. The number of aromatic nitrogens is 5. The molecule has 0 aliphatic carbocycles. The first-order valence-corrected chi connectivity index (χ1v) is 6.14. The minimum absolute atomic E-state index is 0.789. The Morgan fingerprint density at radius 2 is 2.22 bits per heavy atom. The zero-order chi connectivity index (χ0) is 12.4. The van der Waals surface area contributed by atoms with Crippen LogP contribution in [0.4, 0.5) is 5.82 Å². The lowest BCUT2D eigenvalue weighted by Gasteiger charge is -2.05. The van der Waals surface area contributed by atoms with E-state index in [1.54, 1.807) is 12.4 Å². The van der Waals surface area contributed by atoms with Gasteiger partial charge in [-0.05, 0) is 17.8 Å². The van der Waals surface area contributed by atoms with Crippen LogP contribution in [0.25, 0.3) is 5.65 Å². The fourth-order valence-electron chi connectivity index (χ4n) is 1.53. The summed E-state index contributed by atoms with van der Waals surface area (Å²) in [6.45, 7) is 0. The van der Waals surface area contributed by atoms with Crippen molar-refractivity contribution in [2.45, 2.75) is 10.1 Å². The maximum absolute atomic E-state index is 4.50. The molecule has 0 spiro atoms. The maximum Gasteiger partial charge on any atom is 0.170 e. The Labute approximate surface area is 108 Å². The minimum atomic E-state index is 0.789. The summed E-state index contributed by atoms with van der Waals surface area (Å²) in [7, 11) is 1.84. The number of rotatable bonds is 3. The summed E-state index contributed by atoms with van der Waals surface area (Å²) in [6.07, 6.45) is 8.77. The summed E-state index contributed by atoms with van der Waals surface area (Å²) in [5.74, 6) is 0.789. The topological polar surface area (TPSA) is 68.0 Å². The first-order valence-electron chi connectivity index (χ1n) is 5.32. The van der Waals surface area contributed by atoms with E-state index in [-0.39, 0.29) is 0 Å². The first-order chi connectivity index (χ1) is 8.86. The highest BCUT2D eigenvalue weighted by Crippen LogP contribution is 2.27. The lowest BCUT2D eigenvalue weighted by molar-refractivity contribution is 1.01. The molecule has 0 aliphatic heterocycles. The highest BCUT2D eigenvalue weighted by atomic mass is 32.2. The molecule has 3 aromatic heterocycles. The molecule has 0 aromatic carbocycles. The van der Waals surface area contributed by atoms with Crippen molar-refractivity contribution < 1.29 is 0 Å². The van der Waals surface area contributed by atoms with E-state index < -0.39 is 0 Å². The van der Waals surface area contributed by atoms with E-state index in [4.69, 9.17) is 0 Å². The van der Waals surface area contributed by atoms with Gasteiger partial charge in [-0.15, -0.1) is 0 Å². The van der Waals surface area contributed by atoms with Crippen LogP contribution < -0.4 is 5.32 Å². The molecule has 3 aromatic rings. The normalized spacial score (nSPS) is 10.7. The summed E-state index contributed by atoms with van der Waals surface area (Å²) in [4.78, 5) is 16.9. The summed E-state index contributed by atoms with van der Waals surface area (Å²) in [5, 5.41) is 4.68. The van der Waals surface area contributed by atoms with E-state index >= 15 is 0 Å². The number of hydrogen-bond donors (Lipinski definition) is 1. The number of nitrogens with one attached hydrogen (secondary N) is 1. The van der Waals surface area contributed by atoms with Gasteiger partial charge in [0.2, 0.25) is 0 Å². The Hall–Kier alpha value is -2.15. The van der Waals surface area contributed by atoms with Crippen LogP contribution in [0.3, 0.4) is 0 Å². The average Bonchev–Trinajstić information content (AvgIpc) is 2.88. The molecule has 0 atom stereocenters. The third-order valence-corrected chi connectivity index (χ3v) is 3.27. The molecule has 0 fully saturated rings. The number of hydrogen-bond acceptors (Lipinski definition) is 6. The SMILES string of the molecule is CNc1cn2ccnc2c(Sc2ccncn2)n1. The van der Waals surface area contributed by atoms with Crippen LogP contribution >= 0.6 is 11.8 Å². The molecule has 0 amide bonds. The van der Waals surface area contributed by atoms with Crippen molar-refractivity contribution in [1.82, 2.24) is 24.3 Å². The molecule has 6 nitrogen and oxygen atoms in total. The molecule has 1 N–H and O–H groups in total. The van der Waals surface area contributed by atoms with Crippen LogP contribution in [0.15, 0.2) is 47.2 Å². The number of fused-ring (bicyclic) bond motifs is 1. The van der Waals surface area contributed by atoms with Crippen LogP contribution in [0.1, 0.15) is 0 Å². The van der Waals surface area contributed by atoms with Gasteiger partial charge >= 0.3 is 0 Å². The highest BCUT2D eigenvalue weighted by molar-refractivity contribution is 7.99. The van der Waals surface area contributed by atoms with E-state index in [1.807, 2.05) is 29.9 Å². The van der Waals surface area contributed by atoms with Crippen LogP contribution in [-0.4, -0.2) is 31.4 Å². The Bertz CT molecular complexity index is 666. The standard InChI is InChI=1S/C11H10N6S/c1-12-8-6-17-5-4-14-10(17)11(16-8)18-9-2-3-13-7-15-9/h2-7,12H,1H3. The third-order valence-electron chi connectivity index (χ3n) is 2.36. The second-order valence-electron chi connectivity index (χ2n) is 3.49. The Morgan fingerprint density at radius 3 is 3.00 bits per heavy atom. The fraction of sp³-hybridized carbons (Fsp3) is 0.0909. The van der Waals surface area contributed by atoms with Gasteiger partial charge in [0, 0.05) is 25.6 Å². The molecule has 0 aliphatic rings. The molecule has 18 heavy (non-hydrogen) atoms. The van der Waals surface area contributed by atoms with Crippen LogP contribution in [0.5, 0.6) is 0 Å². The molecule has 0 saturated carbocycles. The molecule has 3 heterocycles. The molecule has 7 heteroatoms. The summed E-state index contributed by atoms with van der Waals surface area (Å²) < 4.78 is 1.93. The first kappa shape index (κ1) is 11.0. The Kier molecular flexibility index (Phi) is 2.81. The van der Waals surface area contributed by atoms with E-state index in [9.17, 15) is 0 Å². The maximum atomic E-state index is 4.50. The third kappa shape index (κ3) is 2.00. The van der Waals surface area contributed by atoms with Crippen LogP contribution in [-0.2, 0) is 0 Å². The zero-order valence-electron chi connectivity index (χ0n) is 9.61. The molecule has 0 bridgehead atoms. The van der Waals surface area contributed by atoms with Crippen LogP contribution in [0, 0.1) is 0 Å². The van der Waals surface area contributed by atoms with Crippen molar-refractivity contribution >= 4 is 23.2 Å². The van der Waals surface area contributed by atoms with Gasteiger partial charge < -0.3 is 9.72 Å². The molecule has 0 saturated heterocycles.